The molecule has 1 saturated heterocycles. The Kier molecular flexibility index (Phi) is 6.12. The number of piperidine rings is 1. The van der Waals surface area contributed by atoms with Gasteiger partial charge in [0.25, 0.3) is 5.91 Å². The van der Waals surface area contributed by atoms with Gasteiger partial charge in [-0.1, -0.05) is 24.3 Å². The normalized spacial score (nSPS) is 17.9. The Morgan fingerprint density at radius 2 is 1.93 bits per heavy atom. The van der Waals surface area contributed by atoms with Gasteiger partial charge in [0.05, 0.1) is 12.5 Å². The maximum absolute atomic E-state index is 12.7. The molecular weight excluding hydrogens is 342 g/mol. The lowest BCUT2D eigenvalue weighted by Crippen LogP contribution is -2.41. The van der Waals surface area contributed by atoms with Crippen molar-refractivity contribution in [3.8, 4) is 6.07 Å². The third-order valence-electron chi connectivity index (χ3n) is 5.22. The maximum atomic E-state index is 12.7. The molecule has 2 aliphatic rings. The summed E-state index contributed by atoms with van der Waals surface area (Å²) in [5.41, 5.74) is 2.72. The average Bonchev–Trinajstić information content (AvgIpc) is 2.71. The number of rotatable bonds is 4. The third kappa shape index (κ3) is 4.48. The molecule has 0 spiro atoms. The van der Waals surface area contributed by atoms with Crippen molar-refractivity contribution >= 4 is 11.9 Å². The molecule has 27 heavy (non-hydrogen) atoms. The number of nitrogens with zero attached hydrogens (tertiary/aromatic N) is 3. The van der Waals surface area contributed by atoms with Crippen LogP contribution in [0.3, 0.4) is 0 Å². The summed E-state index contributed by atoms with van der Waals surface area (Å²) in [6, 6.07) is 10.3. The Morgan fingerprint density at radius 1 is 1.22 bits per heavy atom. The highest BCUT2D eigenvalue weighted by Gasteiger charge is 2.29. The predicted molar refractivity (Wildman–Crippen MR) is 100 cm³/mol. The van der Waals surface area contributed by atoms with Crippen molar-refractivity contribution in [3.63, 3.8) is 0 Å². The Labute approximate surface area is 160 Å². The first-order chi connectivity index (χ1) is 13.1. The van der Waals surface area contributed by atoms with Crippen LogP contribution in [0, 0.1) is 17.2 Å². The number of hydrogen-bond donors (Lipinski definition) is 0. The van der Waals surface area contributed by atoms with Gasteiger partial charge in [0.2, 0.25) is 0 Å². The number of esters is 1. The first-order valence-electron chi connectivity index (χ1n) is 9.51. The van der Waals surface area contributed by atoms with E-state index in [1.165, 1.54) is 11.1 Å². The van der Waals surface area contributed by atoms with Gasteiger partial charge in [0.15, 0.2) is 0 Å². The number of hydrogen-bond acceptors (Lipinski definition) is 5. The molecule has 0 aliphatic carbocycles. The van der Waals surface area contributed by atoms with Crippen molar-refractivity contribution in [2.75, 3.05) is 26.2 Å². The molecule has 2 aliphatic heterocycles. The fourth-order valence-corrected chi connectivity index (χ4v) is 3.69. The lowest BCUT2D eigenvalue weighted by molar-refractivity contribution is -0.150. The number of fused-ring (bicyclic) bond motifs is 1. The molecule has 0 atom stereocenters. The second kappa shape index (κ2) is 8.72. The van der Waals surface area contributed by atoms with Crippen LogP contribution in [0.25, 0.3) is 0 Å². The number of ether oxygens (including phenoxy) is 1. The number of amides is 1. The summed E-state index contributed by atoms with van der Waals surface area (Å²) in [5, 5.41) is 9.50. The summed E-state index contributed by atoms with van der Waals surface area (Å²) in [7, 11) is 0. The van der Waals surface area contributed by atoms with Gasteiger partial charge in [-0.3, -0.25) is 9.59 Å². The standard InChI is InChI=1S/C21H25N3O3/c1-2-27-21(26)17-8-11-24(12-9-17)20(25)19(13-22)15-23-10-7-16-5-3-4-6-18(16)14-23/h3-6,15,17H,2,7-12,14H2,1H3/b19-15-. The van der Waals surface area contributed by atoms with E-state index in [0.717, 1.165) is 13.0 Å². The van der Waals surface area contributed by atoms with Gasteiger partial charge in [-0.15, -0.1) is 0 Å². The summed E-state index contributed by atoms with van der Waals surface area (Å²) in [6.07, 6.45) is 3.76. The molecule has 0 radical (unpaired) electrons. The van der Waals surface area contributed by atoms with Gasteiger partial charge in [-0.2, -0.15) is 5.26 Å². The zero-order valence-corrected chi connectivity index (χ0v) is 15.7. The highest BCUT2D eigenvalue weighted by Crippen LogP contribution is 2.22. The minimum atomic E-state index is -0.251. The van der Waals surface area contributed by atoms with Crippen LogP contribution in [0.2, 0.25) is 0 Å². The van der Waals surface area contributed by atoms with Gasteiger partial charge in [0, 0.05) is 32.4 Å². The molecule has 0 aromatic heterocycles. The van der Waals surface area contributed by atoms with Crippen LogP contribution < -0.4 is 0 Å². The van der Waals surface area contributed by atoms with E-state index in [0.29, 0.717) is 39.1 Å². The molecule has 0 unspecified atom stereocenters. The maximum Gasteiger partial charge on any atom is 0.309 e. The zero-order valence-electron chi connectivity index (χ0n) is 15.7. The Hall–Kier alpha value is -2.81. The van der Waals surface area contributed by atoms with E-state index in [4.69, 9.17) is 4.74 Å². The summed E-state index contributed by atoms with van der Waals surface area (Å²) < 4.78 is 5.06. The van der Waals surface area contributed by atoms with Crippen molar-refractivity contribution in [1.82, 2.24) is 9.80 Å². The van der Waals surface area contributed by atoms with Crippen LogP contribution in [-0.4, -0.2) is 47.9 Å². The van der Waals surface area contributed by atoms with E-state index in [1.54, 1.807) is 18.0 Å². The van der Waals surface area contributed by atoms with Gasteiger partial charge in [0.1, 0.15) is 11.6 Å². The fraction of sp³-hybridized carbons (Fsp3) is 0.476. The molecule has 1 aromatic carbocycles. The van der Waals surface area contributed by atoms with Crippen LogP contribution in [0.4, 0.5) is 0 Å². The van der Waals surface area contributed by atoms with Gasteiger partial charge in [-0.25, -0.2) is 0 Å². The highest BCUT2D eigenvalue weighted by atomic mass is 16.5. The first-order valence-corrected chi connectivity index (χ1v) is 9.51. The van der Waals surface area contributed by atoms with Gasteiger partial charge < -0.3 is 14.5 Å². The van der Waals surface area contributed by atoms with Crippen LogP contribution in [0.1, 0.15) is 30.9 Å². The second-order valence-corrected chi connectivity index (χ2v) is 6.96. The van der Waals surface area contributed by atoms with Crippen LogP contribution >= 0.6 is 0 Å². The summed E-state index contributed by atoms with van der Waals surface area (Å²) in [4.78, 5) is 28.3. The van der Waals surface area contributed by atoms with Crippen LogP contribution in [0.5, 0.6) is 0 Å². The first kappa shape index (κ1) is 19.0. The highest BCUT2D eigenvalue weighted by molar-refractivity contribution is 5.97. The zero-order chi connectivity index (χ0) is 19.2. The van der Waals surface area contributed by atoms with E-state index in [-0.39, 0.29) is 23.4 Å². The minimum Gasteiger partial charge on any atom is -0.466 e. The van der Waals surface area contributed by atoms with E-state index in [2.05, 4.69) is 18.2 Å². The van der Waals surface area contributed by atoms with Crippen molar-refractivity contribution in [3.05, 3.63) is 47.2 Å². The topological polar surface area (TPSA) is 73.6 Å². The molecule has 0 bridgehead atoms. The molecule has 0 N–H and O–H groups in total. The fourth-order valence-electron chi connectivity index (χ4n) is 3.69. The molecule has 1 amide bonds. The lowest BCUT2D eigenvalue weighted by atomic mass is 9.96. The third-order valence-corrected chi connectivity index (χ3v) is 5.22. The summed E-state index contributed by atoms with van der Waals surface area (Å²) in [5.74, 6) is -0.589. The molecule has 3 rings (SSSR count). The quantitative estimate of drug-likeness (QED) is 0.464. The summed E-state index contributed by atoms with van der Waals surface area (Å²) >= 11 is 0. The number of likely N-dealkylation sites (tertiary alicyclic amines) is 1. The van der Waals surface area contributed by atoms with Crippen LogP contribution in [0.15, 0.2) is 36.0 Å². The number of carbonyl (C=O) groups is 2. The van der Waals surface area contributed by atoms with Crippen LogP contribution in [-0.2, 0) is 27.3 Å². The number of benzene rings is 1. The van der Waals surface area contributed by atoms with E-state index in [9.17, 15) is 14.9 Å². The van der Waals surface area contributed by atoms with Gasteiger partial charge >= 0.3 is 5.97 Å². The van der Waals surface area contributed by atoms with Crippen molar-refractivity contribution in [2.24, 2.45) is 5.92 Å². The van der Waals surface area contributed by atoms with E-state index >= 15 is 0 Å². The molecule has 2 heterocycles. The second-order valence-electron chi connectivity index (χ2n) is 6.96. The SMILES string of the molecule is CCOC(=O)C1CCN(C(=O)/C(C#N)=C\N2CCc3ccccc3C2)CC1. The monoisotopic (exact) mass is 367 g/mol. The Balaban J connectivity index is 1.61. The molecule has 1 fully saturated rings. The number of nitriles is 1. The molecular formula is C21H25N3O3. The van der Waals surface area contributed by atoms with Crippen molar-refractivity contribution < 1.29 is 14.3 Å². The number of carbonyl (C=O) groups excluding carboxylic acids is 2. The van der Waals surface area contributed by atoms with E-state index in [1.807, 2.05) is 17.0 Å². The van der Waals surface area contributed by atoms with Gasteiger partial charge in [-0.05, 0) is 37.3 Å². The Morgan fingerprint density at radius 3 is 2.59 bits per heavy atom. The lowest BCUT2D eigenvalue weighted by Gasteiger charge is -2.31. The average molecular weight is 367 g/mol. The summed E-state index contributed by atoms with van der Waals surface area (Å²) in [6.45, 7) is 4.62. The molecule has 6 heteroatoms. The molecule has 6 nitrogen and oxygen atoms in total. The largest absolute Gasteiger partial charge is 0.466 e. The molecule has 142 valence electrons. The smallest absolute Gasteiger partial charge is 0.309 e. The predicted octanol–water partition coefficient (Wildman–Crippen LogP) is 2.25. The minimum absolute atomic E-state index is 0.151. The van der Waals surface area contributed by atoms with Crippen molar-refractivity contribution in [2.45, 2.75) is 32.7 Å². The molecule has 0 saturated carbocycles. The van der Waals surface area contributed by atoms with E-state index < -0.39 is 0 Å². The Bertz CT molecular complexity index is 773. The molecule has 1 aromatic rings. The van der Waals surface area contributed by atoms with Crippen molar-refractivity contribution in [1.29, 1.82) is 5.26 Å².